The first-order chi connectivity index (χ1) is 14.6. The standard InChI is InChI=1S/C25H22F3N3.ClH/c1-24(2,3)17-13-11-16(12-14-17)22-30-21-10-5-4-9-20(21)23(31-22)29-19-8-6-7-18(15-19)25(26,27)28;/h4-15H,1-3H3,(H,29,30,31);1H. The number of anilines is 2. The number of benzene rings is 3. The molecule has 7 heteroatoms. The fourth-order valence-electron chi connectivity index (χ4n) is 3.33. The number of para-hydroxylation sites is 1. The molecular weight excluding hydrogens is 435 g/mol. The molecular formula is C25H23ClF3N3. The quantitative estimate of drug-likeness (QED) is 0.341. The first kappa shape index (κ1) is 23.5. The molecule has 0 amide bonds. The molecule has 0 fully saturated rings. The minimum atomic E-state index is -4.41. The first-order valence-corrected chi connectivity index (χ1v) is 9.93. The van der Waals surface area contributed by atoms with Crippen molar-refractivity contribution in [2.24, 2.45) is 0 Å². The predicted molar refractivity (Wildman–Crippen MR) is 126 cm³/mol. The summed E-state index contributed by atoms with van der Waals surface area (Å²) >= 11 is 0. The summed E-state index contributed by atoms with van der Waals surface area (Å²) in [4.78, 5) is 9.31. The van der Waals surface area contributed by atoms with E-state index in [1.54, 1.807) is 6.07 Å². The Bertz CT molecular complexity index is 1230. The van der Waals surface area contributed by atoms with Crippen molar-refractivity contribution in [1.82, 2.24) is 9.97 Å². The number of nitrogens with one attached hydrogen (secondary N) is 1. The molecule has 0 saturated carbocycles. The smallest absolute Gasteiger partial charge is 0.340 e. The van der Waals surface area contributed by atoms with Gasteiger partial charge < -0.3 is 5.32 Å². The lowest BCUT2D eigenvalue weighted by Gasteiger charge is -2.19. The molecule has 3 aromatic carbocycles. The van der Waals surface area contributed by atoms with Gasteiger partial charge in [0.15, 0.2) is 5.82 Å². The highest BCUT2D eigenvalue weighted by atomic mass is 35.5. The molecule has 32 heavy (non-hydrogen) atoms. The van der Waals surface area contributed by atoms with Crippen molar-refractivity contribution in [3.63, 3.8) is 0 Å². The summed E-state index contributed by atoms with van der Waals surface area (Å²) in [5.74, 6) is 0.966. The largest absolute Gasteiger partial charge is 0.416 e. The van der Waals surface area contributed by atoms with Gasteiger partial charge in [-0.25, -0.2) is 9.97 Å². The molecule has 0 aliphatic rings. The second-order valence-corrected chi connectivity index (χ2v) is 8.44. The predicted octanol–water partition coefficient (Wildman–Crippen LogP) is 7.78. The third kappa shape index (κ3) is 5.02. The Morgan fingerprint density at radius 1 is 0.750 bits per heavy atom. The highest BCUT2D eigenvalue weighted by Gasteiger charge is 2.30. The number of fused-ring (bicyclic) bond motifs is 1. The molecule has 3 nitrogen and oxygen atoms in total. The van der Waals surface area contributed by atoms with Crippen LogP contribution < -0.4 is 5.32 Å². The summed E-state index contributed by atoms with van der Waals surface area (Å²) < 4.78 is 39.3. The summed E-state index contributed by atoms with van der Waals surface area (Å²) in [5.41, 5.74) is 2.37. The number of hydrogen-bond acceptors (Lipinski definition) is 3. The van der Waals surface area contributed by atoms with Gasteiger partial charge in [0.05, 0.1) is 11.1 Å². The van der Waals surface area contributed by atoms with Crippen LogP contribution in [0.1, 0.15) is 31.9 Å². The minimum absolute atomic E-state index is 0. The highest BCUT2D eigenvalue weighted by Crippen LogP contribution is 2.33. The molecule has 1 N–H and O–H groups in total. The monoisotopic (exact) mass is 457 g/mol. The van der Waals surface area contributed by atoms with E-state index in [-0.39, 0.29) is 17.8 Å². The van der Waals surface area contributed by atoms with Crippen LogP contribution in [0.5, 0.6) is 0 Å². The maximum atomic E-state index is 13.1. The Balaban J connectivity index is 0.00000289. The molecule has 4 rings (SSSR count). The summed E-state index contributed by atoms with van der Waals surface area (Å²) in [7, 11) is 0. The molecule has 0 radical (unpaired) electrons. The van der Waals surface area contributed by atoms with Crippen molar-refractivity contribution in [1.29, 1.82) is 0 Å². The van der Waals surface area contributed by atoms with Crippen LogP contribution >= 0.6 is 12.4 Å². The van der Waals surface area contributed by atoms with Gasteiger partial charge in [-0.3, -0.25) is 0 Å². The molecule has 1 heterocycles. The summed E-state index contributed by atoms with van der Waals surface area (Å²) in [6.45, 7) is 6.43. The van der Waals surface area contributed by atoms with E-state index >= 15 is 0 Å². The van der Waals surface area contributed by atoms with Crippen LogP contribution in [-0.4, -0.2) is 9.97 Å². The summed E-state index contributed by atoms with van der Waals surface area (Å²) in [6.07, 6.45) is -4.41. The third-order valence-corrected chi connectivity index (χ3v) is 5.06. The van der Waals surface area contributed by atoms with Gasteiger partial charge in [-0.05, 0) is 41.3 Å². The Labute approximate surface area is 191 Å². The van der Waals surface area contributed by atoms with Crippen LogP contribution in [0.3, 0.4) is 0 Å². The maximum absolute atomic E-state index is 13.1. The number of rotatable bonds is 3. The lowest BCUT2D eigenvalue weighted by molar-refractivity contribution is -0.137. The van der Waals surface area contributed by atoms with Crippen LogP contribution in [0.25, 0.3) is 22.3 Å². The molecule has 0 bridgehead atoms. The van der Waals surface area contributed by atoms with Crippen LogP contribution in [0.4, 0.5) is 24.7 Å². The number of alkyl halides is 3. The molecule has 0 aliphatic heterocycles. The minimum Gasteiger partial charge on any atom is -0.340 e. The topological polar surface area (TPSA) is 37.8 Å². The van der Waals surface area contributed by atoms with Gasteiger partial charge in [0, 0.05) is 16.6 Å². The van der Waals surface area contributed by atoms with Crippen molar-refractivity contribution in [2.45, 2.75) is 32.4 Å². The third-order valence-electron chi connectivity index (χ3n) is 5.06. The SMILES string of the molecule is CC(C)(C)c1ccc(-c2nc(Nc3cccc(C(F)(F)F)c3)c3ccccc3n2)cc1.Cl. The Morgan fingerprint density at radius 3 is 2.09 bits per heavy atom. The van der Waals surface area contributed by atoms with Crippen LogP contribution in [-0.2, 0) is 11.6 Å². The van der Waals surface area contributed by atoms with Gasteiger partial charge in [0.2, 0.25) is 0 Å². The zero-order valence-corrected chi connectivity index (χ0v) is 18.7. The van der Waals surface area contributed by atoms with E-state index in [0.717, 1.165) is 23.1 Å². The van der Waals surface area contributed by atoms with Crippen molar-refractivity contribution in [2.75, 3.05) is 5.32 Å². The Hall–Kier alpha value is -3.12. The lowest BCUT2D eigenvalue weighted by Crippen LogP contribution is -2.10. The second-order valence-electron chi connectivity index (χ2n) is 8.44. The van der Waals surface area contributed by atoms with Gasteiger partial charge in [-0.1, -0.05) is 63.2 Å². The van der Waals surface area contributed by atoms with Gasteiger partial charge >= 0.3 is 6.18 Å². The van der Waals surface area contributed by atoms with Crippen LogP contribution in [0, 0.1) is 0 Å². The van der Waals surface area contributed by atoms with Crippen molar-refractivity contribution in [3.8, 4) is 11.4 Å². The first-order valence-electron chi connectivity index (χ1n) is 9.93. The van der Waals surface area contributed by atoms with Gasteiger partial charge in [0.1, 0.15) is 5.82 Å². The number of aromatic nitrogens is 2. The van der Waals surface area contributed by atoms with E-state index in [2.05, 4.69) is 36.1 Å². The molecule has 0 unspecified atom stereocenters. The average molecular weight is 458 g/mol. The zero-order chi connectivity index (χ0) is 22.2. The van der Waals surface area contributed by atoms with Crippen LogP contribution in [0.15, 0.2) is 72.8 Å². The molecule has 0 saturated heterocycles. The van der Waals surface area contributed by atoms with Gasteiger partial charge in [-0.2, -0.15) is 13.2 Å². The van der Waals surface area contributed by atoms with Crippen molar-refractivity contribution >= 4 is 34.8 Å². The van der Waals surface area contributed by atoms with Crippen molar-refractivity contribution in [3.05, 3.63) is 83.9 Å². The number of halogens is 4. The van der Waals surface area contributed by atoms with Gasteiger partial charge in [-0.15, -0.1) is 12.4 Å². The highest BCUT2D eigenvalue weighted by molar-refractivity contribution is 5.92. The Kier molecular flexibility index (Phi) is 6.46. The molecule has 0 aliphatic carbocycles. The summed E-state index contributed by atoms with van der Waals surface area (Å²) in [5, 5.41) is 3.79. The summed E-state index contributed by atoms with van der Waals surface area (Å²) in [6, 6.07) is 20.6. The average Bonchev–Trinajstić information content (AvgIpc) is 2.73. The van der Waals surface area contributed by atoms with E-state index in [1.165, 1.54) is 11.6 Å². The molecule has 4 aromatic rings. The van der Waals surface area contributed by atoms with E-state index in [1.807, 2.05) is 48.5 Å². The second kappa shape index (κ2) is 8.79. The van der Waals surface area contributed by atoms with Gasteiger partial charge in [0.25, 0.3) is 0 Å². The Morgan fingerprint density at radius 2 is 1.44 bits per heavy atom. The number of nitrogens with zero attached hydrogens (tertiary/aromatic N) is 2. The van der Waals surface area contributed by atoms with Crippen molar-refractivity contribution < 1.29 is 13.2 Å². The van der Waals surface area contributed by atoms with E-state index in [0.29, 0.717) is 22.8 Å². The van der Waals surface area contributed by atoms with E-state index in [4.69, 9.17) is 0 Å². The maximum Gasteiger partial charge on any atom is 0.416 e. The number of hydrogen-bond donors (Lipinski definition) is 1. The molecule has 166 valence electrons. The zero-order valence-electron chi connectivity index (χ0n) is 17.9. The van der Waals surface area contributed by atoms with E-state index in [9.17, 15) is 13.2 Å². The normalized spacial score (nSPS) is 11.8. The fraction of sp³-hybridized carbons (Fsp3) is 0.200. The lowest BCUT2D eigenvalue weighted by atomic mass is 9.87. The molecule has 0 spiro atoms. The molecule has 0 atom stereocenters. The molecule has 1 aromatic heterocycles. The fourth-order valence-corrected chi connectivity index (χ4v) is 3.33. The van der Waals surface area contributed by atoms with Crippen LogP contribution in [0.2, 0.25) is 0 Å². The van der Waals surface area contributed by atoms with E-state index < -0.39 is 11.7 Å².